The van der Waals surface area contributed by atoms with Crippen LogP contribution in [0.25, 0.3) is 10.9 Å². The summed E-state index contributed by atoms with van der Waals surface area (Å²) in [6, 6.07) is 13.5. The van der Waals surface area contributed by atoms with Crippen molar-refractivity contribution >= 4 is 40.2 Å². The molecule has 204 valence electrons. The monoisotopic (exact) mass is 540 g/mol. The van der Waals surface area contributed by atoms with E-state index in [2.05, 4.69) is 12.2 Å². The van der Waals surface area contributed by atoms with Crippen LogP contribution in [0.3, 0.4) is 0 Å². The summed E-state index contributed by atoms with van der Waals surface area (Å²) in [6.07, 6.45) is 5.13. The SMILES string of the molecule is CCCCCCN(C(=O)Nc1cccc(Cl)c1)C(CC)c1nc2ccccc2c(=O)n1CCCC(=O)OC. The van der Waals surface area contributed by atoms with Crippen LogP contribution in [0.15, 0.2) is 53.3 Å². The predicted molar refractivity (Wildman–Crippen MR) is 152 cm³/mol. The molecule has 38 heavy (non-hydrogen) atoms. The van der Waals surface area contributed by atoms with Gasteiger partial charge in [-0.15, -0.1) is 0 Å². The molecule has 1 atom stereocenters. The average molecular weight is 541 g/mol. The minimum absolute atomic E-state index is 0.183. The molecule has 0 saturated heterocycles. The third-order valence-corrected chi connectivity index (χ3v) is 6.77. The van der Waals surface area contributed by atoms with Crippen molar-refractivity contribution in [3.8, 4) is 0 Å². The number of carbonyl (C=O) groups excluding carboxylic acids is 2. The van der Waals surface area contributed by atoms with Crippen LogP contribution in [-0.2, 0) is 16.1 Å². The summed E-state index contributed by atoms with van der Waals surface area (Å²) >= 11 is 6.14. The number of carbonyl (C=O) groups is 2. The Kier molecular flexibility index (Phi) is 11.1. The summed E-state index contributed by atoms with van der Waals surface area (Å²) in [4.78, 5) is 45.7. The number of esters is 1. The summed E-state index contributed by atoms with van der Waals surface area (Å²) in [7, 11) is 1.35. The zero-order chi connectivity index (χ0) is 27.5. The molecule has 1 unspecified atom stereocenters. The normalized spacial score (nSPS) is 11.8. The van der Waals surface area contributed by atoms with Crippen LogP contribution in [0.4, 0.5) is 10.5 Å². The highest BCUT2D eigenvalue weighted by molar-refractivity contribution is 6.30. The first kappa shape index (κ1) is 29.2. The Balaban J connectivity index is 2.03. The molecule has 1 aromatic heterocycles. The minimum Gasteiger partial charge on any atom is -0.469 e. The van der Waals surface area contributed by atoms with E-state index in [9.17, 15) is 14.4 Å². The van der Waals surface area contributed by atoms with Crippen molar-refractivity contribution in [3.05, 3.63) is 69.7 Å². The first-order valence-electron chi connectivity index (χ1n) is 13.3. The summed E-state index contributed by atoms with van der Waals surface area (Å²) in [6.45, 7) is 4.92. The van der Waals surface area contributed by atoms with Crippen LogP contribution in [-0.4, -0.2) is 40.1 Å². The van der Waals surface area contributed by atoms with E-state index in [-0.39, 0.29) is 30.5 Å². The number of rotatable bonds is 13. The number of unbranched alkanes of at least 4 members (excludes halogenated alkanes) is 3. The lowest BCUT2D eigenvalue weighted by atomic mass is 10.1. The Morgan fingerprint density at radius 2 is 1.87 bits per heavy atom. The van der Waals surface area contributed by atoms with E-state index < -0.39 is 6.04 Å². The number of fused-ring (bicyclic) bond motifs is 1. The highest BCUT2D eigenvalue weighted by Gasteiger charge is 2.28. The first-order chi connectivity index (χ1) is 18.4. The molecule has 0 aliphatic carbocycles. The number of amides is 2. The quantitative estimate of drug-likeness (QED) is 0.195. The Morgan fingerprint density at radius 3 is 2.58 bits per heavy atom. The van der Waals surface area contributed by atoms with Crippen molar-refractivity contribution in [2.75, 3.05) is 19.0 Å². The summed E-state index contributed by atoms with van der Waals surface area (Å²) in [5, 5.41) is 4.00. The third-order valence-electron chi connectivity index (χ3n) is 6.53. The standard InChI is InChI=1S/C29H37ClN4O4/c1-4-6-7-10-18-33(29(37)31-22-14-11-13-21(30)20-22)25(5-2)27-32-24-16-9-8-15-23(24)28(36)34(27)19-12-17-26(35)38-3/h8-9,11,13-16,20,25H,4-7,10,12,17-19H2,1-3H3,(H,31,37). The second-order valence-electron chi connectivity index (χ2n) is 9.24. The van der Waals surface area contributed by atoms with Gasteiger partial charge in [0.15, 0.2) is 0 Å². The Hall–Kier alpha value is -3.39. The van der Waals surface area contributed by atoms with Crippen molar-refractivity contribution in [3.63, 3.8) is 0 Å². The number of anilines is 1. The van der Waals surface area contributed by atoms with E-state index in [1.807, 2.05) is 19.1 Å². The maximum atomic E-state index is 13.7. The van der Waals surface area contributed by atoms with E-state index in [4.69, 9.17) is 21.3 Å². The zero-order valence-electron chi connectivity index (χ0n) is 22.4. The molecular weight excluding hydrogens is 504 g/mol. The number of hydrogen-bond donors (Lipinski definition) is 1. The molecule has 3 rings (SSSR count). The topological polar surface area (TPSA) is 93.5 Å². The fourth-order valence-electron chi connectivity index (χ4n) is 4.55. The molecule has 0 aliphatic rings. The van der Waals surface area contributed by atoms with Crippen LogP contribution in [0.1, 0.15) is 70.7 Å². The van der Waals surface area contributed by atoms with Gasteiger partial charge in [0, 0.05) is 30.2 Å². The average Bonchev–Trinajstić information content (AvgIpc) is 2.91. The molecular formula is C29H37ClN4O4. The fourth-order valence-corrected chi connectivity index (χ4v) is 4.74. The van der Waals surface area contributed by atoms with Gasteiger partial charge >= 0.3 is 12.0 Å². The maximum absolute atomic E-state index is 13.7. The van der Waals surface area contributed by atoms with Crippen molar-refractivity contribution in [2.24, 2.45) is 0 Å². The Bertz CT molecular complexity index is 1290. The smallest absolute Gasteiger partial charge is 0.322 e. The number of nitrogens with zero attached hydrogens (tertiary/aromatic N) is 3. The number of hydrogen-bond acceptors (Lipinski definition) is 5. The van der Waals surface area contributed by atoms with Gasteiger partial charge in [-0.3, -0.25) is 14.2 Å². The van der Waals surface area contributed by atoms with Gasteiger partial charge in [-0.1, -0.05) is 62.9 Å². The van der Waals surface area contributed by atoms with E-state index in [0.717, 1.165) is 25.7 Å². The molecule has 0 fully saturated rings. The lowest BCUT2D eigenvalue weighted by Gasteiger charge is -2.32. The molecule has 9 heteroatoms. The summed E-state index contributed by atoms with van der Waals surface area (Å²) in [5.74, 6) is 0.177. The number of ether oxygens (including phenoxy) is 1. The maximum Gasteiger partial charge on any atom is 0.322 e. The van der Waals surface area contributed by atoms with Gasteiger partial charge < -0.3 is 15.0 Å². The van der Waals surface area contributed by atoms with E-state index in [1.165, 1.54) is 7.11 Å². The summed E-state index contributed by atoms with van der Waals surface area (Å²) in [5.41, 5.74) is 0.990. The van der Waals surface area contributed by atoms with Crippen LogP contribution < -0.4 is 10.9 Å². The molecule has 0 saturated carbocycles. The van der Waals surface area contributed by atoms with Gasteiger partial charge in [0.2, 0.25) is 0 Å². The minimum atomic E-state index is -0.453. The van der Waals surface area contributed by atoms with Gasteiger partial charge in [-0.05, 0) is 49.6 Å². The van der Waals surface area contributed by atoms with Gasteiger partial charge in [-0.25, -0.2) is 9.78 Å². The van der Waals surface area contributed by atoms with Crippen molar-refractivity contribution < 1.29 is 14.3 Å². The van der Waals surface area contributed by atoms with Gasteiger partial charge in [0.05, 0.1) is 24.1 Å². The molecule has 0 radical (unpaired) electrons. The molecule has 0 aliphatic heterocycles. The number of methoxy groups -OCH3 is 1. The van der Waals surface area contributed by atoms with E-state index in [0.29, 0.717) is 46.8 Å². The molecule has 8 nitrogen and oxygen atoms in total. The highest BCUT2D eigenvalue weighted by atomic mass is 35.5. The van der Waals surface area contributed by atoms with Crippen LogP contribution >= 0.6 is 11.6 Å². The van der Waals surface area contributed by atoms with E-state index >= 15 is 0 Å². The number of nitrogens with one attached hydrogen (secondary N) is 1. The van der Waals surface area contributed by atoms with Crippen LogP contribution in [0.5, 0.6) is 0 Å². The predicted octanol–water partition coefficient (Wildman–Crippen LogP) is 6.57. The third kappa shape index (κ3) is 7.57. The van der Waals surface area contributed by atoms with E-state index in [1.54, 1.807) is 45.9 Å². The van der Waals surface area contributed by atoms with Crippen LogP contribution in [0.2, 0.25) is 5.02 Å². The van der Waals surface area contributed by atoms with Crippen molar-refractivity contribution in [2.45, 2.75) is 71.4 Å². The number of benzene rings is 2. The second-order valence-corrected chi connectivity index (χ2v) is 9.68. The molecule has 2 amide bonds. The first-order valence-corrected chi connectivity index (χ1v) is 13.7. The molecule has 0 bridgehead atoms. The number of aromatic nitrogens is 2. The van der Waals surface area contributed by atoms with Gasteiger partial charge in [0.25, 0.3) is 5.56 Å². The number of urea groups is 1. The molecule has 2 aromatic carbocycles. The number of halogens is 1. The van der Waals surface area contributed by atoms with Gasteiger partial charge in [0.1, 0.15) is 5.82 Å². The molecule has 0 spiro atoms. The molecule has 1 heterocycles. The Morgan fingerprint density at radius 1 is 1.08 bits per heavy atom. The zero-order valence-corrected chi connectivity index (χ0v) is 23.2. The fraction of sp³-hybridized carbons (Fsp3) is 0.448. The lowest BCUT2D eigenvalue weighted by molar-refractivity contribution is -0.140. The highest BCUT2D eigenvalue weighted by Crippen LogP contribution is 2.26. The van der Waals surface area contributed by atoms with Gasteiger partial charge in [-0.2, -0.15) is 0 Å². The number of para-hydroxylation sites is 1. The summed E-state index contributed by atoms with van der Waals surface area (Å²) < 4.78 is 6.39. The second kappa shape index (κ2) is 14.5. The molecule has 3 aromatic rings. The largest absolute Gasteiger partial charge is 0.469 e. The van der Waals surface area contributed by atoms with Crippen molar-refractivity contribution in [1.29, 1.82) is 0 Å². The lowest BCUT2D eigenvalue weighted by Crippen LogP contribution is -2.41. The van der Waals surface area contributed by atoms with Crippen LogP contribution in [0, 0.1) is 0 Å². The molecule has 1 N–H and O–H groups in total. The Labute approximate surface area is 229 Å². The van der Waals surface area contributed by atoms with Crippen molar-refractivity contribution in [1.82, 2.24) is 14.5 Å².